The first-order valence-corrected chi connectivity index (χ1v) is 4.67. The number of anilines is 1. The van der Waals surface area contributed by atoms with Crippen molar-refractivity contribution in [3.8, 4) is 5.75 Å². The lowest BCUT2D eigenvalue weighted by atomic mass is 10.3. The van der Waals surface area contributed by atoms with Crippen molar-refractivity contribution in [2.45, 2.75) is 0 Å². The van der Waals surface area contributed by atoms with Gasteiger partial charge in [-0.3, -0.25) is 0 Å². The average Bonchev–Trinajstić information content (AvgIpc) is 2.27. The summed E-state index contributed by atoms with van der Waals surface area (Å²) >= 11 is 0. The quantitative estimate of drug-likeness (QED) is 0.543. The van der Waals surface area contributed by atoms with Crippen LogP contribution in [0.25, 0.3) is 0 Å². The van der Waals surface area contributed by atoms with Crippen molar-refractivity contribution in [2.24, 2.45) is 0 Å². The Balaban J connectivity index is 2.56. The normalized spacial score (nSPS) is 9.24. The third-order valence-electron chi connectivity index (χ3n) is 1.80. The molecular weight excluding hydrogens is 224 g/mol. The van der Waals surface area contributed by atoms with Gasteiger partial charge in [0, 0.05) is 11.8 Å². The predicted molar refractivity (Wildman–Crippen MR) is 61.4 cm³/mol. The van der Waals surface area contributed by atoms with Gasteiger partial charge in [0.25, 0.3) is 0 Å². The fourth-order valence-corrected chi connectivity index (χ4v) is 1.06. The van der Waals surface area contributed by atoms with Crippen LogP contribution in [0.15, 0.2) is 36.5 Å². The lowest BCUT2D eigenvalue weighted by molar-refractivity contribution is -0.136. The Morgan fingerprint density at radius 1 is 1.41 bits per heavy atom. The number of benzene rings is 1. The second kappa shape index (κ2) is 5.55. The first-order chi connectivity index (χ1) is 8.02. The molecule has 6 nitrogen and oxygen atoms in total. The van der Waals surface area contributed by atoms with Crippen LogP contribution in [0, 0.1) is 0 Å². The molecule has 0 saturated carbocycles. The molecule has 0 unspecified atom stereocenters. The number of methoxy groups -OCH3 is 1. The maximum atomic E-state index is 11.4. The molecule has 0 aromatic heterocycles. The highest BCUT2D eigenvalue weighted by molar-refractivity contribution is 5.97. The van der Waals surface area contributed by atoms with E-state index in [1.165, 1.54) is 19.2 Å². The Bertz CT molecular complexity index is 457. The number of hydrogen-bond donors (Lipinski definition) is 3. The molecule has 0 fully saturated rings. The summed E-state index contributed by atoms with van der Waals surface area (Å²) in [5.74, 6) is -0.703. The number of phenolic OH excluding ortho intramolecular Hbond substituents is 1. The van der Waals surface area contributed by atoms with Crippen molar-refractivity contribution in [2.75, 3.05) is 12.4 Å². The lowest BCUT2D eigenvalue weighted by Crippen LogP contribution is -2.31. The van der Waals surface area contributed by atoms with E-state index in [4.69, 9.17) is 0 Å². The molecule has 0 saturated heterocycles. The second-order valence-corrected chi connectivity index (χ2v) is 3.10. The summed E-state index contributed by atoms with van der Waals surface area (Å²) in [4.78, 5) is 22.3. The zero-order chi connectivity index (χ0) is 12.8. The van der Waals surface area contributed by atoms with Crippen LogP contribution < -0.4 is 10.6 Å². The lowest BCUT2D eigenvalue weighted by Gasteiger charge is -2.08. The third-order valence-corrected chi connectivity index (χ3v) is 1.80. The van der Waals surface area contributed by atoms with Gasteiger partial charge in [-0.25, -0.2) is 9.59 Å². The monoisotopic (exact) mass is 236 g/mol. The zero-order valence-corrected chi connectivity index (χ0v) is 9.19. The number of aromatic hydroxyl groups is 1. The molecule has 1 rings (SSSR count). The van der Waals surface area contributed by atoms with E-state index in [1.807, 2.05) is 0 Å². The standard InChI is InChI=1S/C11H12N2O4/c1-7(10(15)17-2)12-11(16)13-8-4-3-5-9(14)6-8/h3-6,14H,1H2,2H3,(H2,12,13,16). The molecule has 17 heavy (non-hydrogen) atoms. The summed E-state index contributed by atoms with van der Waals surface area (Å²) in [6.45, 7) is 3.33. The third kappa shape index (κ3) is 3.86. The van der Waals surface area contributed by atoms with E-state index < -0.39 is 12.0 Å². The van der Waals surface area contributed by atoms with Gasteiger partial charge in [-0.15, -0.1) is 0 Å². The second-order valence-electron chi connectivity index (χ2n) is 3.10. The average molecular weight is 236 g/mol. The summed E-state index contributed by atoms with van der Waals surface area (Å²) in [6, 6.07) is 5.34. The molecule has 0 aliphatic carbocycles. The summed E-state index contributed by atoms with van der Waals surface area (Å²) < 4.78 is 4.36. The van der Waals surface area contributed by atoms with E-state index >= 15 is 0 Å². The van der Waals surface area contributed by atoms with Gasteiger partial charge in [0.15, 0.2) is 0 Å². The van der Waals surface area contributed by atoms with Gasteiger partial charge in [0.1, 0.15) is 11.4 Å². The highest BCUT2D eigenvalue weighted by Crippen LogP contribution is 2.14. The SMILES string of the molecule is C=C(NC(=O)Nc1cccc(O)c1)C(=O)OC. The first-order valence-electron chi connectivity index (χ1n) is 4.67. The van der Waals surface area contributed by atoms with Gasteiger partial charge in [-0.2, -0.15) is 0 Å². The predicted octanol–water partition coefficient (Wildman–Crippen LogP) is 1.20. The Kier molecular flexibility index (Phi) is 4.10. The molecule has 1 aromatic carbocycles. The van der Waals surface area contributed by atoms with Crippen molar-refractivity contribution in [3.05, 3.63) is 36.5 Å². The number of amides is 2. The fraction of sp³-hybridized carbons (Fsp3) is 0.0909. The number of ether oxygens (including phenoxy) is 1. The molecule has 1 aromatic rings. The minimum Gasteiger partial charge on any atom is -0.508 e. The number of carbonyl (C=O) groups is 2. The van der Waals surface area contributed by atoms with Crippen LogP contribution in [0.1, 0.15) is 0 Å². The smallest absolute Gasteiger partial charge is 0.353 e. The number of carbonyl (C=O) groups excluding carboxylic acids is 2. The molecule has 0 heterocycles. The highest BCUT2D eigenvalue weighted by atomic mass is 16.5. The number of phenols is 1. The van der Waals surface area contributed by atoms with Gasteiger partial charge in [-0.1, -0.05) is 12.6 Å². The van der Waals surface area contributed by atoms with Gasteiger partial charge in [-0.05, 0) is 12.1 Å². The fourth-order valence-electron chi connectivity index (χ4n) is 1.06. The highest BCUT2D eigenvalue weighted by Gasteiger charge is 2.10. The van der Waals surface area contributed by atoms with E-state index in [0.717, 1.165) is 0 Å². The van der Waals surface area contributed by atoms with Crippen LogP contribution in [-0.4, -0.2) is 24.2 Å². The summed E-state index contributed by atoms with van der Waals surface area (Å²) in [7, 11) is 1.18. The summed E-state index contributed by atoms with van der Waals surface area (Å²) in [5.41, 5.74) is 0.213. The minimum atomic E-state index is -0.726. The molecule has 6 heteroatoms. The van der Waals surface area contributed by atoms with Crippen LogP contribution in [0.2, 0.25) is 0 Å². The zero-order valence-electron chi connectivity index (χ0n) is 9.19. The minimum absolute atomic E-state index is 0.0228. The number of nitrogens with one attached hydrogen (secondary N) is 2. The maximum Gasteiger partial charge on any atom is 0.353 e. The molecule has 3 N–H and O–H groups in total. The maximum absolute atomic E-state index is 11.4. The van der Waals surface area contributed by atoms with E-state index in [2.05, 4.69) is 21.9 Å². The Morgan fingerprint density at radius 2 is 2.12 bits per heavy atom. The molecule has 0 bridgehead atoms. The Hall–Kier alpha value is -2.50. The van der Waals surface area contributed by atoms with Crippen molar-refractivity contribution in [1.29, 1.82) is 0 Å². The molecule has 0 aliphatic heterocycles. The van der Waals surface area contributed by atoms with Crippen LogP contribution in [0.3, 0.4) is 0 Å². The molecule has 0 radical (unpaired) electrons. The number of urea groups is 1. The van der Waals surface area contributed by atoms with E-state index in [0.29, 0.717) is 5.69 Å². The number of hydrogen-bond acceptors (Lipinski definition) is 4. The summed E-state index contributed by atoms with van der Waals surface area (Å²) in [5, 5.41) is 13.8. The van der Waals surface area contributed by atoms with E-state index in [9.17, 15) is 14.7 Å². The van der Waals surface area contributed by atoms with Gasteiger partial charge in [0.05, 0.1) is 7.11 Å². The Labute approximate surface area is 97.9 Å². The largest absolute Gasteiger partial charge is 0.508 e. The molecule has 2 amide bonds. The van der Waals surface area contributed by atoms with Crippen molar-refractivity contribution >= 4 is 17.7 Å². The van der Waals surface area contributed by atoms with Crippen LogP contribution >= 0.6 is 0 Å². The number of rotatable bonds is 3. The molecular formula is C11H12N2O4. The van der Waals surface area contributed by atoms with Crippen molar-refractivity contribution in [3.63, 3.8) is 0 Å². The van der Waals surface area contributed by atoms with Crippen molar-refractivity contribution in [1.82, 2.24) is 5.32 Å². The first kappa shape index (κ1) is 12.6. The molecule has 90 valence electrons. The molecule has 0 atom stereocenters. The summed E-state index contributed by atoms with van der Waals surface area (Å²) in [6.07, 6.45) is 0. The van der Waals surface area contributed by atoms with Crippen LogP contribution in [-0.2, 0) is 9.53 Å². The van der Waals surface area contributed by atoms with Crippen LogP contribution in [0.4, 0.5) is 10.5 Å². The van der Waals surface area contributed by atoms with E-state index in [-0.39, 0.29) is 11.4 Å². The van der Waals surface area contributed by atoms with Crippen LogP contribution in [0.5, 0.6) is 5.75 Å². The topological polar surface area (TPSA) is 87.7 Å². The van der Waals surface area contributed by atoms with Gasteiger partial charge in [0.2, 0.25) is 0 Å². The number of esters is 1. The van der Waals surface area contributed by atoms with Gasteiger partial charge < -0.3 is 20.5 Å². The Morgan fingerprint density at radius 3 is 2.71 bits per heavy atom. The molecule has 0 spiro atoms. The molecule has 0 aliphatic rings. The van der Waals surface area contributed by atoms with Gasteiger partial charge >= 0.3 is 12.0 Å². The van der Waals surface area contributed by atoms with Crippen molar-refractivity contribution < 1.29 is 19.4 Å². The van der Waals surface area contributed by atoms with E-state index in [1.54, 1.807) is 12.1 Å².